The number of aryl methyl sites for hydroxylation is 2. The molecule has 0 spiro atoms. The van der Waals surface area contributed by atoms with Gasteiger partial charge in [-0.15, -0.1) is 5.10 Å². The summed E-state index contributed by atoms with van der Waals surface area (Å²) in [7, 11) is 0. The van der Waals surface area contributed by atoms with Gasteiger partial charge in [0.25, 0.3) is 0 Å². The lowest BCUT2D eigenvalue weighted by Gasteiger charge is -2.15. The molecule has 12 heteroatoms. The van der Waals surface area contributed by atoms with Crippen molar-refractivity contribution in [3.05, 3.63) is 51.5 Å². The van der Waals surface area contributed by atoms with Crippen molar-refractivity contribution < 1.29 is 28.3 Å². The number of alkyl halides is 3. The quantitative estimate of drug-likeness (QED) is 0.382. The molecular weight excluding hydrogens is 395 g/mol. The Kier molecular flexibility index (Phi) is 4.78. The van der Waals surface area contributed by atoms with Crippen LogP contribution in [0.15, 0.2) is 24.4 Å². The fourth-order valence-electron chi connectivity index (χ4n) is 2.77. The van der Waals surface area contributed by atoms with Crippen LogP contribution in [-0.4, -0.2) is 35.3 Å². The molecule has 0 amide bonds. The van der Waals surface area contributed by atoms with Crippen molar-refractivity contribution >= 4 is 5.69 Å². The Hall–Kier alpha value is -3.83. The second kappa shape index (κ2) is 6.96. The number of aromatic nitrogens is 4. The van der Waals surface area contributed by atoms with E-state index in [1.54, 1.807) is 0 Å². The topological polar surface area (TPSA) is 135 Å². The first-order chi connectivity index (χ1) is 13.5. The molecule has 0 aliphatic heterocycles. The van der Waals surface area contributed by atoms with Crippen molar-refractivity contribution in [3.63, 3.8) is 0 Å². The van der Waals surface area contributed by atoms with Gasteiger partial charge in [-0.2, -0.15) is 18.3 Å². The van der Waals surface area contributed by atoms with Crippen molar-refractivity contribution in [2.75, 3.05) is 0 Å². The predicted molar refractivity (Wildman–Crippen MR) is 93.0 cm³/mol. The highest BCUT2D eigenvalue weighted by Crippen LogP contribution is 2.40. The molecule has 0 saturated heterocycles. The lowest BCUT2D eigenvalue weighted by Crippen LogP contribution is -2.12. The maximum atomic E-state index is 13.5. The lowest BCUT2D eigenvalue weighted by atomic mass is 10.0. The summed E-state index contributed by atoms with van der Waals surface area (Å²) in [6, 6.07) is 2.74. The predicted octanol–water partition coefficient (Wildman–Crippen LogP) is 3.56. The summed E-state index contributed by atoms with van der Waals surface area (Å²) >= 11 is 0. The minimum atomic E-state index is -4.71. The van der Waals surface area contributed by atoms with E-state index in [1.165, 1.54) is 13.8 Å². The van der Waals surface area contributed by atoms with E-state index in [-0.39, 0.29) is 28.2 Å². The van der Waals surface area contributed by atoms with Gasteiger partial charge in [0.15, 0.2) is 11.6 Å². The van der Waals surface area contributed by atoms with Gasteiger partial charge in [-0.1, -0.05) is 0 Å². The highest BCUT2D eigenvalue weighted by molar-refractivity contribution is 5.72. The standard InChI is InChI=1S/C17H12F3N5O4/c1-7-3-10(17(18,19)20)14(8(2)22-7)16-23-11(6-21-24-16)9-4-12(25(28)29)15(27)13(26)5-9/h3-6,26-27H,1-2H3. The van der Waals surface area contributed by atoms with Gasteiger partial charge in [0.05, 0.1) is 27.9 Å². The molecule has 2 aromatic heterocycles. The number of benzene rings is 1. The fraction of sp³-hybridized carbons (Fsp3) is 0.176. The summed E-state index contributed by atoms with van der Waals surface area (Å²) in [4.78, 5) is 18.1. The average molecular weight is 407 g/mol. The van der Waals surface area contributed by atoms with Crippen LogP contribution >= 0.6 is 0 Å². The summed E-state index contributed by atoms with van der Waals surface area (Å²) in [5.74, 6) is -2.13. The van der Waals surface area contributed by atoms with Crippen LogP contribution in [0.2, 0.25) is 0 Å². The Morgan fingerprint density at radius 3 is 2.41 bits per heavy atom. The van der Waals surface area contributed by atoms with E-state index in [2.05, 4.69) is 20.2 Å². The molecule has 29 heavy (non-hydrogen) atoms. The monoisotopic (exact) mass is 407 g/mol. The number of phenols is 2. The molecule has 0 aliphatic rings. The van der Waals surface area contributed by atoms with Gasteiger partial charge in [-0.3, -0.25) is 15.1 Å². The molecule has 0 bridgehead atoms. The van der Waals surface area contributed by atoms with E-state index in [4.69, 9.17) is 0 Å². The van der Waals surface area contributed by atoms with Gasteiger partial charge in [-0.05, 0) is 26.0 Å². The first-order valence-electron chi connectivity index (χ1n) is 7.95. The molecule has 0 aliphatic carbocycles. The molecule has 0 unspecified atom stereocenters. The second-order valence-corrected chi connectivity index (χ2v) is 6.05. The van der Waals surface area contributed by atoms with Crippen molar-refractivity contribution in [1.82, 2.24) is 20.2 Å². The number of hydrogen-bond acceptors (Lipinski definition) is 8. The molecule has 3 aromatic rings. The fourth-order valence-corrected chi connectivity index (χ4v) is 2.77. The highest BCUT2D eigenvalue weighted by Gasteiger charge is 2.36. The Bertz CT molecular complexity index is 1130. The lowest BCUT2D eigenvalue weighted by molar-refractivity contribution is -0.385. The van der Waals surface area contributed by atoms with E-state index in [0.717, 1.165) is 24.4 Å². The zero-order valence-corrected chi connectivity index (χ0v) is 14.9. The zero-order chi connectivity index (χ0) is 21.5. The smallest absolute Gasteiger partial charge is 0.417 e. The van der Waals surface area contributed by atoms with E-state index >= 15 is 0 Å². The molecule has 150 valence electrons. The van der Waals surface area contributed by atoms with Gasteiger partial charge in [0.1, 0.15) is 0 Å². The van der Waals surface area contributed by atoms with Gasteiger partial charge < -0.3 is 10.2 Å². The third kappa shape index (κ3) is 3.77. The molecule has 9 nitrogen and oxygen atoms in total. The van der Waals surface area contributed by atoms with Crippen molar-refractivity contribution in [2.45, 2.75) is 20.0 Å². The molecular formula is C17H12F3N5O4. The van der Waals surface area contributed by atoms with E-state index in [9.17, 15) is 33.5 Å². The minimum Gasteiger partial charge on any atom is -0.504 e. The van der Waals surface area contributed by atoms with Crippen LogP contribution in [0.5, 0.6) is 11.5 Å². The molecule has 1 aromatic carbocycles. The van der Waals surface area contributed by atoms with Crippen molar-refractivity contribution in [1.29, 1.82) is 0 Å². The Labute approximate surface area is 160 Å². The number of halogens is 3. The van der Waals surface area contributed by atoms with Crippen LogP contribution in [-0.2, 0) is 6.18 Å². The van der Waals surface area contributed by atoms with E-state index < -0.39 is 39.7 Å². The van der Waals surface area contributed by atoms with E-state index in [1.807, 2.05) is 0 Å². The molecule has 2 N–H and O–H groups in total. The molecule has 2 heterocycles. The van der Waals surface area contributed by atoms with Crippen molar-refractivity contribution in [3.8, 4) is 34.1 Å². The molecule has 0 saturated carbocycles. The van der Waals surface area contributed by atoms with E-state index in [0.29, 0.717) is 0 Å². The van der Waals surface area contributed by atoms with Crippen molar-refractivity contribution in [2.24, 2.45) is 0 Å². The van der Waals surface area contributed by atoms with Crippen LogP contribution in [0.1, 0.15) is 17.0 Å². The van der Waals surface area contributed by atoms with Gasteiger partial charge in [0, 0.05) is 23.0 Å². The molecule has 0 radical (unpaired) electrons. The Morgan fingerprint density at radius 1 is 1.10 bits per heavy atom. The minimum absolute atomic E-state index is 0.0239. The zero-order valence-electron chi connectivity index (χ0n) is 14.9. The van der Waals surface area contributed by atoms with Crippen LogP contribution in [0.3, 0.4) is 0 Å². The number of aromatic hydroxyl groups is 2. The number of nitro benzene ring substituents is 1. The van der Waals surface area contributed by atoms with Crippen LogP contribution in [0, 0.1) is 24.0 Å². The van der Waals surface area contributed by atoms with Gasteiger partial charge in [0.2, 0.25) is 5.75 Å². The maximum Gasteiger partial charge on any atom is 0.417 e. The number of hydrogen-bond donors (Lipinski definition) is 2. The largest absolute Gasteiger partial charge is 0.504 e. The average Bonchev–Trinajstić information content (AvgIpc) is 2.62. The normalized spacial score (nSPS) is 11.5. The third-order valence-corrected chi connectivity index (χ3v) is 3.98. The van der Waals surface area contributed by atoms with Crippen LogP contribution < -0.4 is 0 Å². The highest BCUT2D eigenvalue weighted by atomic mass is 19.4. The van der Waals surface area contributed by atoms with Gasteiger partial charge >= 0.3 is 11.9 Å². The Balaban J connectivity index is 2.22. The maximum absolute atomic E-state index is 13.5. The number of phenolic OH excluding ortho intramolecular Hbond substituents is 2. The summed E-state index contributed by atoms with van der Waals surface area (Å²) in [6.07, 6.45) is -3.65. The molecule has 0 atom stereocenters. The third-order valence-electron chi connectivity index (χ3n) is 3.98. The summed E-state index contributed by atoms with van der Waals surface area (Å²) in [6.45, 7) is 2.78. The number of rotatable bonds is 3. The second-order valence-electron chi connectivity index (χ2n) is 6.05. The SMILES string of the molecule is Cc1cc(C(F)(F)F)c(-c2nncc(-c3cc(O)c(O)c([N+](=O)[O-])c3)n2)c(C)n1. The summed E-state index contributed by atoms with van der Waals surface area (Å²) in [5, 5.41) is 37.6. The van der Waals surface area contributed by atoms with Crippen LogP contribution in [0.25, 0.3) is 22.6 Å². The summed E-state index contributed by atoms with van der Waals surface area (Å²) in [5.41, 5.74) is -2.14. The first-order valence-corrected chi connectivity index (χ1v) is 7.95. The first kappa shape index (κ1) is 19.9. The molecule has 3 rings (SSSR count). The van der Waals surface area contributed by atoms with Crippen LogP contribution in [0.4, 0.5) is 18.9 Å². The summed E-state index contributed by atoms with van der Waals surface area (Å²) < 4.78 is 40.6. The molecule has 0 fully saturated rings. The number of pyridine rings is 1. The number of nitrogens with zero attached hydrogens (tertiary/aromatic N) is 5. The Morgan fingerprint density at radius 2 is 1.79 bits per heavy atom. The van der Waals surface area contributed by atoms with Gasteiger partial charge in [-0.25, -0.2) is 4.98 Å². The number of nitro groups is 1.